The van der Waals surface area contributed by atoms with Gasteiger partial charge in [-0.2, -0.15) is 0 Å². The Kier molecular flexibility index (Phi) is 5.02. The van der Waals surface area contributed by atoms with Crippen LogP contribution in [0.5, 0.6) is 0 Å². The summed E-state index contributed by atoms with van der Waals surface area (Å²) in [6.07, 6.45) is 0. The predicted octanol–water partition coefficient (Wildman–Crippen LogP) is 5.03. The molecule has 0 amide bonds. The average molecular weight is 432 g/mol. The Morgan fingerprint density at radius 3 is 1.04 bits per heavy atom. The van der Waals surface area contributed by atoms with Gasteiger partial charge in [0.1, 0.15) is 0 Å². The summed E-state index contributed by atoms with van der Waals surface area (Å²) in [6.45, 7) is 0. The first kappa shape index (κ1) is 16.8. The predicted molar refractivity (Wildman–Crippen MR) is 104 cm³/mol. The molecule has 0 aliphatic heterocycles. The van der Waals surface area contributed by atoms with Gasteiger partial charge in [0.2, 0.25) is 0 Å². The molecule has 0 aliphatic carbocycles. The molecule has 3 heteroatoms. The first-order valence-electron chi connectivity index (χ1n) is 7.44. The van der Waals surface area contributed by atoms with Gasteiger partial charge < -0.3 is 0 Å². The third-order valence-electron chi connectivity index (χ3n) is 4.07. The molecule has 0 saturated heterocycles. The topological polar surface area (TPSA) is 0 Å². The normalized spacial score (nSPS) is 13.5. The van der Waals surface area contributed by atoms with E-state index in [0.717, 1.165) is 0 Å². The molecule has 0 radical (unpaired) electrons. The minimum atomic E-state index is -2.30. The Bertz CT molecular complexity index is 655. The van der Waals surface area contributed by atoms with Crippen molar-refractivity contribution in [1.82, 2.24) is 0 Å². The van der Waals surface area contributed by atoms with Crippen LogP contribution in [-0.4, -0.2) is 0 Å². The summed E-state index contributed by atoms with van der Waals surface area (Å²) in [6, 6.07) is 32.7. The summed E-state index contributed by atoms with van der Waals surface area (Å²) >= 11 is -2.30. The van der Waals surface area contributed by atoms with Gasteiger partial charge in [-0.3, -0.25) is 0 Å². The Morgan fingerprint density at radius 1 is 0.565 bits per heavy atom. The molecule has 3 rings (SSSR count). The van der Waals surface area contributed by atoms with Gasteiger partial charge in [0, 0.05) is 0 Å². The molecule has 0 atom stereocenters. The van der Waals surface area contributed by atoms with Gasteiger partial charge >= 0.3 is 147 Å². The van der Waals surface area contributed by atoms with Gasteiger partial charge in [-0.15, -0.1) is 0 Å². The van der Waals surface area contributed by atoms with Crippen molar-refractivity contribution < 1.29 is 13.3 Å². The van der Waals surface area contributed by atoms with Crippen molar-refractivity contribution in [3.8, 4) is 0 Å². The van der Waals surface area contributed by atoms with E-state index in [1.807, 2.05) is 0 Å². The van der Waals surface area contributed by atoms with Crippen LogP contribution in [0.4, 0.5) is 0 Å². The van der Waals surface area contributed by atoms with Crippen LogP contribution in [-0.2, 0) is 13.3 Å². The third-order valence-corrected chi connectivity index (χ3v) is 24.9. The van der Waals surface area contributed by atoms with Crippen LogP contribution in [0, 0.1) is 0 Å². The maximum absolute atomic E-state index is 7.28. The van der Waals surface area contributed by atoms with E-state index in [1.165, 1.54) is 15.9 Å². The van der Waals surface area contributed by atoms with E-state index in [9.17, 15) is 0 Å². The van der Waals surface area contributed by atoms with Gasteiger partial charge in [-0.25, -0.2) is 0 Å². The van der Waals surface area contributed by atoms with Crippen molar-refractivity contribution in [2.24, 2.45) is 0 Å². The van der Waals surface area contributed by atoms with Crippen molar-refractivity contribution >= 4 is 31.2 Å². The minimum absolute atomic E-state index is 1.42. The van der Waals surface area contributed by atoms with Crippen LogP contribution in [0.15, 0.2) is 91.0 Å². The molecular formula is C20H22ClPRh. The quantitative estimate of drug-likeness (QED) is 0.401. The first-order chi connectivity index (χ1) is 11.1. The van der Waals surface area contributed by atoms with E-state index in [1.54, 1.807) is 0 Å². The fourth-order valence-electron chi connectivity index (χ4n) is 3.17. The van der Waals surface area contributed by atoms with Gasteiger partial charge in [-0.05, 0) is 0 Å². The fraction of sp³-hybridized carbons (Fsp3) is 0.100. The Hall–Kier alpha value is -0.997. The van der Waals surface area contributed by atoms with Crippen LogP contribution in [0.25, 0.3) is 0 Å². The van der Waals surface area contributed by atoms with Crippen LogP contribution in [0.1, 0.15) is 0 Å². The summed E-state index contributed by atoms with van der Waals surface area (Å²) in [5.41, 5.74) is 2.44. The second-order valence-corrected chi connectivity index (χ2v) is 27.1. The first-order valence-corrected chi connectivity index (χ1v) is 17.1. The van der Waals surface area contributed by atoms with E-state index in [4.69, 9.17) is 9.69 Å². The van der Waals surface area contributed by atoms with Crippen LogP contribution >= 0.6 is 15.3 Å². The van der Waals surface area contributed by atoms with Gasteiger partial charge in [0.05, 0.1) is 0 Å². The van der Waals surface area contributed by atoms with E-state index in [0.29, 0.717) is 0 Å². The van der Waals surface area contributed by atoms with Crippen LogP contribution in [0.3, 0.4) is 0 Å². The standard InChI is InChI=1S/C18H15P.2CH3.ClH.Rh/c1-4-10-16(11-5-1)19(17-12-6-2-7-13-17)18-14-8-3-9-15-18;;;;/h1-15H;2*1H3;1H;. The molecule has 0 N–H and O–H groups in total. The summed E-state index contributed by atoms with van der Waals surface area (Å²) in [4.78, 5) is 0. The molecule has 0 bridgehead atoms. The van der Waals surface area contributed by atoms with Crippen LogP contribution in [0.2, 0.25) is 11.0 Å². The van der Waals surface area contributed by atoms with Gasteiger partial charge in [0.25, 0.3) is 0 Å². The number of hydrogen-bond acceptors (Lipinski definition) is 0. The van der Waals surface area contributed by atoms with Crippen LogP contribution < -0.4 is 15.9 Å². The summed E-state index contributed by atoms with van der Waals surface area (Å²) in [7, 11) is 7.28. The molecule has 0 saturated carbocycles. The van der Waals surface area contributed by atoms with Crippen molar-refractivity contribution in [3.05, 3.63) is 91.0 Å². The van der Waals surface area contributed by atoms with E-state index in [2.05, 4.69) is 102 Å². The molecule has 3 aromatic rings. The summed E-state index contributed by atoms with van der Waals surface area (Å²) < 4.78 is 0. The third kappa shape index (κ3) is 3.03. The van der Waals surface area contributed by atoms with Crippen molar-refractivity contribution in [2.75, 3.05) is 0 Å². The zero-order valence-electron chi connectivity index (χ0n) is 13.4. The molecule has 23 heavy (non-hydrogen) atoms. The summed E-state index contributed by atoms with van der Waals surface area (Å²) in [5, 5.41) is 4.25. The average Bonchev–Trinajstić information content (AvgIpc) is 2.57. The zero-order valence-corrected chi connectivity index (χ0v) is 16.8. The molecular weight excluding hydrogens is 410 g/mol. The SMILES string of the molecule is [CH3][Rh]([CH3])([Cl])[PH](c1ccccc1)(c1ccccc1)c1ccccc1. The Morgan fingerprint density at radius 2 is 0.826 bits per heavy atom. The zero-order chi connectivity index (χ0) is 16.3. The molecule has 3 aromatic carbocycles. The maximum atomic E-state index is 7.28. The Balaban J connectivity index is 2.41. The molecule has 0 aromatic heterocycles. The molecule has 0 nitrogen and oxygen atoms in total. The molecule has 0 aliphatic rings. The van der Waals surface area contributed by atoms with E-state index in [-0.39, 0.29) is 0 Å². The van der Waals surface area contributed by atoms with Crippen molar-refractivity contribution in [2.45, 2.75) is 11.0 Å². The van der Waals surface area contributed by atoms with E-state index < -0.39 is 18.9 Å². The van der Waals surface area contributed by atoms with Crippen molar-refractivity contribution in [3.63, 3.8) is 0 Å². The van der Waals surface area contributed by atoms with E-state index >= 15 is 0 Å². The molecule has 0 unspecified atom stereocenters. The fourth-order valence-corrected chi connectivity index (χ4v) is 23.9. The number of halogens is 1. The Labute approximate surface area is 146 Å². The molecule has 123 valence electrons. The second kappa shape index (κ2) is 6.86. The number of hydrogen-bond donors (Lipinski definition) is 0. The second-order valence-electron chi connectivity index (χ2n) is 5.70. The van der Waals surface area contributed by atoms with Crippen molar-refractivity contribution in [1.29, 1.82) is 0 Å². The van der Waals surface area contributed by atoms with Gasteiger partial charge in [0.15, 0.2) is 0 Å². The molecule has 0 heterocycles. The molecule has 0 spiro atoms. The summed E-state index contributed by atoms with van der Waals surface area (Å²) in [5.74, 6) is 0. The van der Waals surface area contributed by atoms with Gasteiger partial charge in [-0.1, -0.05) is 0 Å². The number of benzene rings is 3. The monoisotopic (exact) mass is 431 g/mol. The molecule has 0 fully saturated rings. The number of rotatable bonds is 4.